The summed E-state index contributed by atoms with van der Waals surface area (Å²) < 4.78 is 0.959. The van der Waals surface area contributed by atoms with Crippen LogP contribution in [0.1, 0.15) is 5.56 Å². The average Bonchev–Trinajstić information content (AvgIpc) is 2.22. The second-order valence-corrected chi connectivity index (χ2v) is 3.93. The summed E-state index contributed by atoms with van der Waals surface area (Å²) >= 11 is 3.39. The van der Waals surface area contributed by atoms with E-state index in [1.807, 2.05) is 25.1 Å². The van der Waals surface area contributed by atoms with E-state index in [1.54, 1.807) is 7.05 Å². The Balaban J connectivity index is 2.73. The SMILES string of the molecule is CON(C)C(=O)Nc1ccc(C)c(Br)c1. The van der Waals surface area contributed by atoms with Gasteiger partial charge in [0.15, 0.2) is 0 Å². The number of halogens is 1. The molecule has 0 aromatic heterocycles. The standard InChI is InChI=1S/C10H13BrN2O2/c1-7-4-5-8(6-9(7)11)12-10(14)13(2)15-3/h4-6H,1-3H3,(H,12,14). The van der Waals surface area contributed by atoms with E-state index in [2.05, 4.69) is 21.2 Å². The number of hydrogen-bond acceptors (Lipinski definition) is 2. The Morgan fingerprint density at radius 1 is 1.53 bits per heavy atom. The molecule has 0 unspecified atom stereocenters. The van der Waals surface area contributed by atoms with Gasteiger partial charge in [0.25, 0.3) is 0 Å². The minimum absolute atomic E-state index is 0.312. The first kappa shape index (κ1) is 12.0. The van der Waals surface area contributed by atoms with Crippen molar-refractivity contribution in [3.8, 4) is 0 Å². The van der Waals surface area contributed by atoms with Crippen molar-refractivity contribution in [3.05, 3.63) is 28.2 Å². The number of aryl methyl sites for hydroxylation is 1. The predicted molar refractivity (Wildman–Crippen MR) is 62.7 cm³/mol. The number of nitrogens with zero attached hydrogens (tertiary/aromatic N) is 1. The highest BCUT2D eigenvalue weighted by molar-refractivity contribution is 9.10. The predicted octanol–water partition coefficient (Wildman–Crippen LogP) is 2.78. The van der Waals surface area contributed by atoms with Crippen LogP contribution in [0.15, 0.2) is 22.7 Å². The Hall–Kier alpha value is -1.07. The number of hydrogen-bond donors (Lipinski definition) is 1. The molecule has 1 aromatic carbocycles. The second-order valence-electron chi connectivity index (χ2n) is 3.07. The first-order valence-corrected chi connectivity index (χ1v) is 5.19. The van der Waals surface area contributed by atoms with Gasteiger partial charge in [-0.1, -0.05) is 22.0 Å². The summed E-state index contributed by atoms with van der Waals surface area (Å²) in [5.41, 5.74) is 1.84. The second kappa shape index (κ2) is 5.14. The minimum Gasteiger partial charge on any atom is -0.306 e. The van der Waals surface area contributed by atoms with Crippen LogP contribution in [0.3, 0.4) is 0 Å². The van der Waals surface area contributed by atoms with Crippen LogP contribution in [0.2, 0.25) is 0 Å². The fourth-order valence-electron chi connectivity index (χ4n) is 0.956. The summed E-state index contributed by atoms with van der Waals surface area (Å²) in [5.74, 6) is 0. The third-order valence-corrected chi connectivity index (χ3v) is 2.84. The maximum absolute atomic E-state index is 11.4. The molecule has 1 rings (SSSR count). The van der Waals surface area contributed by atoms with Gasteiger partial charge in [0, 0.05) is 17.2 Å². The van der Waals surface area contributed by atoms with Gasteiger partial charge < -0.3 is 5.32 Å². The summed E-state index contributed by atoms with van der Waals surface area (Å²) in [6, 6.07) is 5.29. The molecule has 0 saturated carbocycles. The van der Waals surface area contributed by atoms with Gasteiger partial charge in [-0.15, -0.1) is 0 Å². The van der Waals surface area contributed by atoms with Crippen LogP contribution in [-0.4, -0.2) is 25.3 Å². The molecule has 0 aliphatic rings. The van der Waals surface area contributed by atoms with Gasteiger partial charge in [0.2, 0.25) is 0 Å². The Kier molecular flexibility index (Phi) is 4.11. The maximum atomic E-state index is 11.4. The molecule has 0 spiro atoms. The lowest BCUT2D eigenvalue weighted by atomic mass is 10.2. The summed E-state index contributed by atoms with van der Waals surface area (Å²) in [7, 11) is 2.98. The van der Waals surface area contributed by atoms with Crippen molar-refractivity contribution in [3.63, 3.8) is 0 Å². The molecule has 0 fully saturated rings. The Bertz CT molecular complexity index is 368. The molecule has 1 aromatic rings. The molecule has 0 saturated heterocycles. The smallest absolute Gasteiger partial charge is 0.306 e. The van der Waals surface area contributed by atoms with Crippen LogP contribution in [-0.2, 0) is 4.84 Å². The largest absolute Gasteiger partial charge is 0.345 e. The van der Waals surface area contributed by atoms with Crippen molar-refractivity contribution < 1.29 is 9.63 Å². The summed E-state index contributed by atoms with van der Waals surface area (Å²) in [6.45, 7) is 1.98. The number of rotatable bonds is 2. The monoisotopic (exact) mass is 272 g/mol. The summed E-state index contributed by atoms with van der Waals surface area (Å²) in [4.78, 5) is 16.2. The number of nitrogens with one attached hydrogen (secondary N) is 1. The van der Waals surface area contributed by atoms with Crippen LogP contribution in [0.25, 0.3) is 0 Å². The maximum Gasteiger partial charge on any atom is 0.345 e. The van der Waals surface area contributed by atoms with Gasteiger partial charge in [-0.3, -0.25) is 4.84 Å². The molecule has 82 valence electrons. The highest BCUT2D eigenvalue weighted by Crippen LogP contribution is 2.20. The topological polar surface area (TPSA) is 41.6 Å². The van der Waals surface area contributed by atoms with Gasteiger partial charge in [-0.25, -0.2) is 9.86 Å². The number of carbonyl (C=O) groups is 1. The Morgan fingerprint density at radius 3 is 2.73 bits per heavy atom. The van der Waals surface area contributed by atoms with Crippen LogP contribution >= 0.6 is 15.9 Å². The zero-order chi connectivity index (χ0) is 11.4. The van der Waals surface area contributed by atoms with Crippen molar-refractivity contribution in [1.29, 1.82) is 0 Å². The van der Waals surface area contributed by atoms with E-state index in [1.165, 1.54) is 7.11 Å². The number of anilines is 1. The Morgan fingerprint density at radius 2 is 2.20 bits per heavy atom. The highest BCUT2D eigenvalue weighted by Gasteiger charge is 2.07. The molecule has 2 amide bonds. The number of benzene rings is 1. The van der Waals surface area contributed by atoms with E-state index in [9.17, 15) is 4.79 Å². The zero-order valence-corrected chi connectivity index (χ0v) is 10.5. The van der Waals surface area contributed by atoms with Gasteiger partial charge in [0.1, 0.15) is 0 Å². The molecule has 0 bridgehead atoms. The van der Waals surface area contributed by atoms with E-state index in [0.717, 1.165) is 20.8 Å². The zero-order valence-electron chi connectivity index (χ0n) is 8.87. The van der Waals surface area contributed by atoms with Gasteiger partial charge in [-0.2, -0.15) is 0 Å². The van der Waals surface area contributed by atoms with Crippen molar-refractivity contribution in [2.45, 2.75) is 6.92 Å². The molecule has 0 aliphatic heterocycles. The molecule has 0 aliphatic carbocycles. The number of carbonyl (C=O) groups excluding carboxylic acids is 1. The van der Waals surface area contributed by atoms with Gasteiger partial charge in [-0.05, 0) is 24.6 Å². The quantitative estimate of drug-likeness (QED) is 0.842. The molecular weight excluding hydrogens is 260 g/mol. The molecule has 0 heterocycles. The fraction of sp³-hybridized carbons (Fsp3) is 0.300. The summed E-state index contributed by atoms with van der Waals surface area (Å²) in [6.07, 6.45) is 0. The van der Waals surface area contributed by atoms with Crippen molar-refractivity contribution in [1.82, 2.24) is 5.06 Å². The molecule has 4 nitrogen and oxygen atoms in total. The molecule has 1 N–H and O–H groups in total. The van der Waals surface area contributed by atoms with Gasteiger partial charge in [0.05, 0.1) is 7.11 Å². The first-order valence-electron chi connectivity index (χ1n) is 4.39. The van der Waals surface area contributed by atoms with Gasteiger partial charge >= 0.3 is 6.03 Å². The van der Waals surface area contributed by atoms with Crippen molar-refractivity contribution >= 4 is 27.6 Å². The lowest BCUT2D eigenvalue weighted by Gasteiger charge is -2.14. The molecular formula is C10H13BrN2O2. The van der Waals surface area contributed by atoms with Crippen LogP contribution < -0.4 is 5.32 Å². The first-order chi connectivity index (χ1) is 7.04. The molecule has 0 radical (unpaired) electrons. The summed E-state index contributed by atoms with van der Waals surface area (Å²) in [5, 5.41) is 3.81. The van der Waals surface area contributed by atoms with E-state index >= 15 is 0 Å². The third-order valence-electron chi connectivity index (χ3n) is 1.98. The highest BCUT2D eigenvalue weighted by atomic mass is 79.9. The average molecular weight is 273 g/mol. The molecule has 15 heavy (non-hydrogen) atoms. The van der Waals surface area contributed by atoms with E-state index in [-0.39, 0.29) is 6.03 Å². The van der Waals surface area contributed by atoms with Crippen LogP contribution in [0.5, 0.6) is 0 Å². The Labute approximate surface area is 97.3 Å². The number of amides is 2. The lowest BCUT2D eigenvalue weighted by molar-refractivity contribution is -0.0598. The lowest BCUT2D eigenvalue weighted by Crippen LogP contribution is -2.30. The number of urea groups is 1. The van der Waals surface area contributed by atoms with E-state index in [4.69, 9.17) is 4.84 Å². The molecule has 5 heteroatoms. The van der Waals surface area contributed by atoms with Crippen molar-refractivity contribution in [2.24, 2.45) is 0 Å². The van der Waals surface area contributed by atoms with Crippen molar-refractivity contribution in [2.75, 3.05) is 19.5 Å². The van der Waals surface area contributed by atoms with Crippen LogP contribution in [0.4, 0.5) is 10.5 Å². The third kappa shape index (κ3) is 3.21. The normalized spacial score (nSPS) is 9.87. The minimum atomic E-state index is -0.312. The van der Waals surface area contributed by atoms with Crippen LogP contribution in [0, 0.1) is 6.92 Å². The molecule has 0 atom stereocenters. The fourth-order valence-corrected chi connectivity index (χ4v) is 1.33. The van der Waals surface area contributed by atoms with E-state index < -0.39 is 0 Å². The van der Waals surface area contributed by atoms with E-state index in [0.29, 0.717) is 0 Å². The number of hydroxylamine groups is 2.